The predicted molar refractivity (Wildman–Crippen MR) is 125 cm³/mol. The Labute approximate surface area is 191 Å². The summed E-state index contributed by atoms with van der Waals surface area (Å²) in [6, 6.07) is 15.9. The van der Waals surface area contributed by atoms with Crippen LogP contribution in [0.25, 0.3) is 0 Å². The molecule has 0 aliphatic carbocycles. The highest BCUT2D eigenvalue weighted by Crippen LogP contribution is 2.26. The van der Waals surface area contributed by atoms with E-state index >= 15 is 0 Å². The lowest BCUT2D eigenvalue weighted by Gasteiger charge is -2.42. The standard InChI is InChI=1S/C26H36N2O4/c1-21-6-4-8-23(16-21)32-20-26(30)19-28(13-10-25(26)29)18-22-7-5-9-24(17-22)31-15-14-27-11-2-3-12-27/h4-9,16-17,25,29-30H,2-3,10-15,18-20H2,1H3/t25-,26-/m0/s1. The van der Waals surface area contributed by atoms with Crippen LogP contribution in [0.1, 0.15) is 30.4 Å². The molecular weight excluding hydrogens is 404 g/mol. The summed E-state index contributed by atoms with van der Waals surface area (Å²) in [6.07, 6.45) is 2.30. The highest BCUT2D eigenvalue weighted by Gasteiger charge is 2.42. The number of ether oxygens (including phenoxy) is 2. The molecule has 2 heterocycles. The third-order valence-corrected chi connectivity index (χ3v) is 6.49. The number of nitrogens with zero attached hydrogens (tertiary/aromatic N) is 2. The summed E-state index contributed by atoms with van der Waals surface area (Å²) in [7, 11) is 0. The van der Waals surface area contributed by atoms with Gasteiger partial charge in [0.05, 0.1) is 6.10 Å². The van der Waals surface area contributed by atoms with Gasteiger partial charge in [-0.15, -0.1) is 0 Å². The van der Waals surface area contributed by atoms with Gasteiger partial charge in [-0.2, -0.15) is 0 Å². The number of aliphatic hydroxyl groups is 2. The van der Waals surface area contributed by atoms with Gasteiger partial charge in [-0.05, 0) is 74.7 Å². The quantitative estimate of drug-likeness (QED) is 0.625. The Morgan fingerprint density at radius 1 is 0.969 bits per heavy atom. The van der Waals surface area contributed by atoms with Crippen LogP contribution < -0.4 is 9.47 Å². The minimum absolute atomic E-state index is 0.0633. The van der Waals surface area contributed by atoms with Crippen molar-refractivity contribution in [2.75, 3.05) is 45.9 Å². The van der Waals surface area contributed by atoms with E-state index in [4.69, 9.17) is 9.47 Å². The molecular formula is C26H36N2O4. The van der Waals surface area contributed by atoms with Crippen LogP contribution in [0.4, 0.5) is 0 Å². The van der Waals surface area contributed by atoms with Gasteiger partial charge in [-0.1, -0.05) is 24.3 Å². The molecule has 0 amide bonds. The second-order valence-electron chi connectivity index (χ2n) is 9.27. The van der Waals surface area contributed by atoms with E-state index in [1.807, 2.05) is 43.3 Å². The van der Waals surface area contributed by atoms with Gasteiger partial charge < -0.3 is 19.7 Å². The van der Waals surface area contributed by atoms with Crippen molar-refractivity contribution in [1.82, 2.24) is 9.80 Å². The van der Waals surface area contributed by atoms with Crippen molar-refractivity contribution in [2.45, 2.75) is 44.4 Å². The van der Waals surface area contributed by atoms with Gasteiger partial charge in [0.1, 0.15) is 30.3 Å². The van der Waals surface area contributed by atoms with Gasteiger partial charge in [0.15, 0.2) is 0 Å². The van der Waals surface area contributed by atoms with Gasteiger partial charge in [0, 0.05) is 26.2 Å². The highest BCUT2D eigenvalue weighted by atomic mass is 16.5. The Kier molecular flexibility index (Phi) is 7.68. The van der Waals surface area contributed by atoms with Crippen molar-refractivity contribution in [2.24, 2.45) is 0 Å². The molecule has 2 fully saturated rings. The van der Waals surface area contributed by atoms with E-state index in [-0.39, 0.29) is 6.61 Å². The van der Waals surface area contributed by atoms with Crippen LogP contribution in [0.3, 0.4) is 0 Å². The zero-order chi connectivity index (χ0) is 22.4. The first kappa shape index (κ1) is 23.1. The largest absolute Gasteiger partial charge is 0.492 e. The molecule has 2 atom stereocenters. The van der Waals surface area contributed by atoms with Crippen molar-refractivity contribution in [3.05, 3.63) is 59.7 Å². The molecule has 2 aromatic rings. The minimum atomic E-state index is -1.30. The van der Waals surface area contributed by atoms with Gasteiger partial charge >= 0.3 is 0 Å². The van der Waals surface area contributed by atoms with E-state index in [2.05, 4.69) is 21.9 Å². The lowest BCUT2D eigenvalue weighted by Crippen LogP contribution is -2.59. The molecule has 6 heteroatoms. The molecule has 0 bridgehead atoms. The number of hydrogen-bond acceptors (Lipinski definition) is 6. The fourth-order valence-corrected chi connectivity index (χ4v) is 4.63. The number of rotatable bonds is 9. The predicted octanol–water partition coefficient (Wildman–Crippen LogP) is 2.85. The number of piperidine rings is 1. The first-order chi connectivity index (χ1) is 15.5. The average Bonchev–Trinajstić information content (AvgIpc) is 3.29. The molecule has 6 nitrogen and oxygen atoms in total. The van der Waals surface area contributed by atoms with Gasteiger partial charge in [-0.3, -0.25) is 9.80 Å². The summed E-state index contributed by atoms with van der Waals surface area (Å²) in [4.78, 5) is 4.62. The van der Waals surface area contributed by atoms with Gasteiger partial charge in [-0.25, -0.2) is 0 Å². The normalized spacial score (nSPS) is 24.5. The molecule has 2 N–H and O–H groups in total. The zero-order valence-corrected chi connectivity index (χ0v) is 19.1. The number of aryl methyl sites for hydroxylation is 1. The Balaban J connectivity index is 1.30. The summed E-state index contributed by atoms with van der Waals surface area (Å²) in [5, 5.41) is 21.6. The molecule has 0 unspecified atom stereocenters. The van der Waals surface area contributed by atoms with E-state index in [1.165, 1.54) is 25.9 Å². The zero-order valence-electron chi connectivity index (χ0n) is 19.1. The lowest BCUT2D eigenvalue weighted by atomic mass is 9.90. The van der Waals surface area contributed by atoms with Crippen LogP contribution >= 0.6 is 0 Å². The molecule has 2 aromatic carbocycles. The van der Waals surface area contributed by atoms with Crippen molar-refractivity contribution in [3.8, 4) is 11.5 Å². The van der Waals surface area contributed by atoms with E-state index in [9.17, 15) is 10.2 Å². The molecule has 0 aromatic heterocycles. The number of β-amino-alcohol motifs (C(OH)–C–C–N with tert-alkyl or cyclic N) is 1. The Morgan fingerprint density at radius 2 is 1.72 bits per heavy atom. The molecule has 2 saturated heterocycles. The Bertz CT molecular complexity index is 870. The number of hydrogen-bond donors (Lipinski definition) is 2. The summed E-state index contributed by atoms with van der Waals surface area (Å²) >= 11 is 0. The SMILES string of the molecule is Cc1cccc(OC[C@@]2(O)CN(Cc3cccc(OCCN4CCCC4)c3)CC[C@@H]2O)c1. The maximum Gasteiger partial charge on any atom is 0.137 e. The summed E-state index contributed by atoms with van der Waals surface area (Å²) in [6.45, 7) is 7.90. The van der Waals surface area contributed by atoms with Crippen LogP contribution in [0.15, 0.2) is 48.5 Å². The van der Waals surface area contributed by atoms with Crippen molar-refractivity contribution in [3.63, 3.8) is 0 Å². The molecule has 4 rings (SSSR count). The number of likely N-dealkylation sites (tertiary alicyclic amines) is 2. The van der Waals surface area contributed by atoms with Crippen LogP contribution in [0.5, 0.6) is 11.5 Å². The van der Waals surface area contributed by atoms with E-state index in [1.54, 1.807) is 0 Å². The monoisotopic (exact) mass is 440 g/mol. The van der Waals surface area contributed by atoms with Crippen molar-refractivity contribution in [1.29, 1.82) is 0 Å². The maximum atomic E-state index is 11.1. The van der Waals surface area contributed by atoms with Crippen LogP contribution in [-0.4, -0.2) is 77.7 Å². The second kappa shape index (κ2) is 10.7. The number of aliphatic hydroxyl groups excluding tert-OH is 1. The summed E-state index contributed by atoms with van der Waals surface area (Å²) in [5.41, 5.74) is 0.941. The van der Waals surface area contributed by atoms with Gasteiger partial charge in [0.25, 0.3) is 0 Å². The molecule has 174 valence electrons. The smallest absolute Gasteiger partial charge is 0.137 e. The fourth-order valence-electron chi connectivity index (χ4n) is 4.63. The molecule has 0 spiro atoms. The first-order valence-corrected chi connectivity index (χ1v) is 11.8. The second-order valence-corrected chi connectivity index (χ2v) is 9.27. The fraction of sp³-hybridized carbons (Fsp3) is 0.538. The summed E-state index contributed by atoms with van der Waals surface area (Å²) < 4.78 is 11.8. The van der Waals surface area contributed by atoms with E-state index in [0.29, 0.717) is 31.9 Å². The highest BCUT2D eigenvalue weighted by molar-refractivity contribution is 5.29. The first-order valence-electron chi connectivity index (χ1n) is 11.8. The van der Waals surface area contributed by atoms with Crippen LogP contribution in [0, 0.1) is 6.92 Å². The minimum Gasteiger partial charge on any atom is -0.492 e. The topological polar surface area (TPSA) is 65.4 Å². The van der Waals surface area contributed by atoms with Crippen LogP contribution in [0.2, 0.25) is 0 Å². The van der Waals surface area contributed by atoms with Gasteiger partial charge in [0.2, 0.25) is 0 Å². The molecule has 2 aliphatic heterocycles. The third-order valence-electron chi connectivity index (χ3n) is 6.49. The number of benzene rings is 2. The average molecular weight is 441 g/mol. The Hall–Kier alpha value is -2.12. The van der Waals surface area contributed by atoms with E-state index < -0.39 is 11.7 Å². The summed E-state index contributed by atoms with van der Waals surface area (Å²) in [5.74, 6) is 1.60. The van der Waals surface area contributed by atoms with Crippen molar-refractivity contribution >= 4 is 0 Å². The Morgan fingerprint density at radius 3 is 2.50 bits per heavy atom. The lowest BCUT2D eigenvalue weighted by molar-refractivity contribution is -0.140. The van der Waals surface area contributed by atoms with Crippen molar-refractivity contribution < 1.29 is 19.7 Å². The molecule has 0 radical (unpaired) electrons. The van der Waals surface area contributed by atoms with E-state index in [0.717, 1.165) is 30.0 Å². The maximum absolute atomic E-state index is 11.1. The molecule has 2 aliphatic rings. The molecule has 32 heavy (non-hydrogen) atoms. The van der Waals surface area contributed by atoms with Crippen LogP contribution in [-0.2, 0) is 6.54 Å². The molecule has 0 saturated carbocycles. The third kappa shape index (κ3) is 6.23.